The first-order chi connectivity index (χ1) is 18.7. The average Bonchev–Trinajstić information content (AvgIpc) is 3.47. The summed E-state index contributed by atoms with van der Waals surface area (Å²) in [7, 11) is 0. The number of hydrogen-bond donors (Lipinski definition) is 2. The van der Waals surface area contributed by atoms with Gasteiger partial charge in [-0.3, -0.25) is 14.4 Å². The van der Waals surface area contributed by atoms with Crippen LogP contribution in [0.1, 0.15) is 37.6 Å². The van der Waals surface area contributed by atoms with Crippen molar-refractivity contribution in [2.75, 3.05) is 10.6 Å². The first-order valence-corrected chi connectivity index (χ1v) is 12.0. The van der Waals surface area contributed by atoms with E-state index in [0.717, 1.165) is 23.3 Å². The van der Waals surface area contributed by atoms with Gasteiger partial charge in [0, 0.05) is 29.9 Å². The second-order valence-corrected chi connectivity index (χ2v) is 9.00. The highest BCUT2D eigenvalue weighted by atomic mass is 19.4. The van der Waals surface area contributed by atoms with E-state index in [4.69, 9.17) is 4.42 Å². The fourth-order valence-corrected chi connectivity index (χ4v) is 4.45. The van der Waals surface area contributed by atoms with Crippen molar-refractivity contribution in [3.8, 4) is 0 Å². The Morgan fingerprint density at radius 2 is 1.54 bits per heavy atom. The predicted octanol–water partition coefficient (Wildman–Crippen LogP) is 5.76. The van der Waals surface area contributed by atoms with Gasteiger partial charge in [0.05, 0.1) is 11.8 Å². The molecule has 198 valence electrons. The summed E-state index contributed by atoms with van der Waals surface area (Å²) in [6.07, 6.45) is -2.88. The molecule has 1 aliphatic rings. The number of hydrogen-bond acceptors (Lipinski definition) is 4. The summed E-state index contributed by atoms with van der Waals surface area (Å²) in [6, 6.07) is 20.1. The van der Waals surface area contributed by atoms with E-state index in [9.17, 15) is 27.6 Å². The summed E-state index contributed by atoms with van der Waals surface area (Å²) < 4.78 is 44.3. The highest BCUT2D eigenvalue weighted by molar-refractivity contribution is 6.06. The van der Waals surface area contributed by atoms with Gasteiger partial charge in [0.2, 0.25) is 5.91 Å². The summed E-state index contributed by atoms with van der Waals surface area (Å²) >= 11 is 0. The minimum atomic E-state index is -4.54. The highest BCUT2D eigenvalue weighted by Gasteiger charge is 2.36. The number of amides is 3. The fraction of sp³-hybridized carbons (Fsp3) is 0.138. The van der Waals surface area contributed by atoms with Crippen molar-refractivity contribution in [3.05, 3.63) is 119 Å². The zero-order valence-electron chi connectivity index (χ0n) is 20.4. The molecule has 3 amide bonds. The monoisotopic (exact) mass is 533 g/mol. The largest absolute Gasteiger partial charge is 0.459 e. The molecule has 0 saturated heterocycles. The lowest BCUT2D eigenvalue weighted by molar-refractivity contribution is -0.137. The minimum Gasteiger partial charge on any atom is -0.459 e. The van der Waals surface area contributed by atoms with Gasteiger partial charge in [0.15, 0.2) is 5.76 Å². The molecule has 4 aromatic rings. The number of nitrogens with one attached hydrogen (secondary N) is 2. The molecule has 1 atom stereocenters. The van der Waals surface area contributed by atoms with Gasteiger partial charge in [0.25, 0.3) is 11.8 Å². The summed E-state index contributed by atoms with van der Waals surface area (Å²) in [5, 5.41) is 5.22. The van der Waals surface area contributed by atoms with Gasteiger partial charge in [-0.05, 0) is 59.7 Å². The second-order valence-electron chi connectivity index (χ2n) is 9.00. The lowest BCUT2D eigenvalue weighted by Gasteiger charge is -2.35. The van der Waals surface area contributed by atoms with E-state index in [1.807, 2.05) is 24.3 Å². The van der Waals surface area contributed by atoms with Crippen molar-refractivity contribution in [3.63, 3.8) is 0 Å². The summed E-state index contributed by atoms with van der Waals surface area (Å²) in [5.41, 5.74) is 1.38. The van der Waals surface area contributed by atoms with Crippen molar-refractivity contribution >= 4 is 29.1 Å². The van der Waals surface area contributed by atoms with Crippen LogP contribution in [0.4, 0.5) is 24.5 Å². The first kappa shape index (κ1) is 25.8. The van der Waals surface area contributed by atoms with Gasteiger partial charge in [-0.15, -0.1) is 0 Å². The SMILES string of the molecule is O=C(Nc1cccc(C(F)(F)F)c1)c1cccc(NC(=O)[C@H]2Cc3ccccc3CN2C(=O)c2ccco2)c1. The van der Waals surface area contributed by atoms with Gasteiger partial charge >= 0.3 is 6.18 Å². The maximum absolute atomic E-state index is 13.4. The van der Waals surface area contributed by atoms with E-state index < -0.39 is 35.5 Å². The number of benzene rings is 3. The molecule has 2 heterocycles. The standard InChI is InChI=1S/C29H22F3N3O4/c30-29(31,32)21-9-4-11-23(16-21)33-26(36)19-8-3-10-22(14-19)34-27(37)24-15-18-6-1-2-7-20(18)17-35(24)28(38)25-12-5-13-39-25/h1-14,16,24H,15,17H2,(H,33,36)(H,34,37)/t24-/m1/s1. The number of furan rings is 1. The number of carbonyl (C=O) groups excluding carboxylic acids is 3. The lowest BCUT2D eigenvalue weighted by atomic mass is 9.93. The summed E-state index contributed by atoms with van der Waals surface area (Å²) in [4.78, 5) is 40.8. The third kappa shape index (κ3) is 5.69. The molecule has 0 bridgehead atoms. The summed E-state index contributed by atoms with van der Waals surface area (Å²) in [6.45, 7) is 0.216. The van der Waals surface area contributed by atoms with Crippen LogP contribution in [0.5, 0.6) is 0 Å². The molecule has 2 N–H and O–H groups in total. The third-order valence-corrected chi connectivity index (χ3v) is 6.38. The Bertz CT molecular complexity index is 1530. The highest BCUT2D eigenvalue weighted by Crippen LogP contribution is 2.31. The number of anilines is 2. The van der Waals surface area contributed by atoms with Gasteiger partial charge in [-0.2, -0.15) is 13.2 Å². The Kier molecular flexibility index (Phi) is 6.93. The van der Waals surface area contributed by atoms with E-state index in [1.165, 1.54) is 41.5 Å². The van der Waals surface area contributed by atoms with Crippen molar-refractivity contribution in [2.24, 2.45) is 0 Å². The smallest absolute Gasteiger partial charge is 0.416 e. The molecule has 0 aliphatic carbocycles. The van der Waals surface area contributed by atoms with E-state index in [0.29, 0.717) is 5.69 Å². The summed E-state index contributed by atoms with van der Waals surface area (Å²) in [5.74, 6) is -1.42. The number of rotatable bonds is 5. The van der Waals surface area contributed by atoms with E-state index in [2.05, 4.69) is 10.6 Å². The number of halogens is 3. The molecular weight excluding hydrogens is 511 g/mol. The van der Waals surface area contributed by atoms with Gasteiger partial charge in [-0.1, -0.05) is 36.4 Å². The molecule has 39 heavy (non-hydrogen) atoms. The lowest BCUT2D eigenvalue weighted by Crippen LogP contribution is -2.50. The molecule has 10 heteroatoms. The van der Waals surface area contributed by atoms with Gasteiger partial charge in [0.1, 0.15) is 6.04 Å². The van der Waals surface area contributed by atoms with Crippen LogP contribution in [-0.4, -0.2) is 28.7 Å². The van der Waals surface area contributed by atoms with Crippen molar-refractivity contribution in [1.29, 1.82) is 0 Å². The molecule has 0 unspecified atom stereocenters. The Labute approximate surface area is 221 Å². The first-order valence-electron chi connectivity index (χ1n) is 12.0. The molecule has 1 aliphatic heterocycles. The second kappa shape index (κ2) is 10.5. The molecule has 3 aromatic carbocycles. The van der Waals surface area contributed by atoms with Gasteiger partial charge < -0.3 is 20.0 Å². The normalized spacial score (nSPS) is 14.8. The number of alkyl halides is 3. The van der Waals surface area contributed by atoms with Crippen LogP contribution >= 0.6 is 0 Å². The minimum absolute atomic E-state index is 0.0165. The Hall–Kier alpha value is -4.86. The van der Waals surface area contributed by atoms with E-state index in [-0.39, 0.29) is 30.0 Å². The maximum atomic E-state index is 13.4. The average molecular weight is 534 g/mol. The molecule has 5 rings (SSSR count). The molecule has 1 aromatic heterocycles. The fourth-order valence-electron chi connectivity index (χ4n) is 4.45. The van der Waals surface area contributed by atoms with Crippen LogP contribution in [-0.2, 0) is 23.9 Å². The molecule has 0 radical (unpaired) electrons. The zero-order chi connectivity index (χ0) is 27.6. The molecule has 7 nitrogen and oxygen atoms in total. The van der Waals surface area contributed by atoms with Crippen molar-refractivity contribution in [1.82, 2.24) is 4.90 Å². The topological polar surface area (TPSA) is 91.7 Å². The molecule has 0 fully saturated rings. The molecule has 0 spiro atoms. The Balaban J connectivity index is 1.34. The maximum Gasteiger partial charge on any atom is 0.416 e. The quantitative estimate of drug-likeness (QED) is 0.342. The predicted molar refractivity (Wildman–Crippen MR) is 137 cm³/mol. The van der Waals surface area contributed by atoms with Crippen LogP contribution < -0.4 is 10.6 Å². The number of nitrogens with zero attached hydrogens (tertiary/aromatic N) is 1. The van der Waals surface area contributed by atoms with Crippen LogP contribution in [0.25, 0.3) is 0 Å². The zero-order valence-corrected chi connectivity index (χ0v) is 20.4. The van der Waals surface area contributed by atoms with Crippen LogP contribution in [0.3, 0.4) is 0 Å². The Morgan fingerprint density at radius 1 is 0.821 bits per heavy atom. The van der Waals surface area contributed by atoms with Crippen molar-refractivity contribution < 1.29 is 32.0 Å². The van der Waals surface area contributed by atoms with Gasteiger partial charge in [-0.25, -0.2) is 0 Å². The van der Waals surface area contributed by atoms with Crippen LogP contribution in [0, 0.1) is 0 Å². The molecule has 0 saturated carbocycles. The van der Waals surface area contributed by atoms with E-state index in [1.54, 1.807) is 18.2 Å². The van der Waals surface area contributed by atoms with Crippen molar-refractivity contribution in [2.45, 2.75) is 25.2 Å². The van der Waals surface area contributed by atoms with Crippen LogP contribution in [0.2, 0.25) is 0 Å². The number of fused-ring (bicyclic) bond motifs is 1. The van der Waals surface area contributed by atoms with Crippen LogP contribution in [0.15, 0.2) is 95.6 Å². The van der Waals surface area contributed by atoms with E-state index >= 15 is 0 Å². The molecular formula is C29H22F3N3O4. The third-order valence-electron chi connectivity index (χ3n) is 6.38. The Morgan fingerprint density at radius 3 is 2.26 bits per heavy atom. The number of carbonyl (C=O) groups is 3.